The minimum absolute atomic E-state index is 0.174. The van der Waals surface area contributed by atoms with Crippen LogP contribution in [0.2, 0.25) is 0 Å². The molecule has 0 saturated heterocycles. The molecule has 1 aliphatic rings. The molecule has 2 rings (SSSR count). The summed E-state index contributed by atoms with van der Waals surface area (Å²) in [6.07, 6.45) is 0.753. The van der Waals surface area contributed by atoms with E-state index in [1.54, 1.807) is 0 Å². The van der Waals surface area contributed by atoms with E-state index in [1.165, 1.54) is 0 Å². The lowest BCUT2D eigenvalue weighted by Gasteiger charge is -2.11. The molecule has 0 spiro atoms. The summed E-state index contributed by atoms with van der Waals surface area (Å²) >= 11 is 2.76. The Labute approximate surface area is 86.7 Å². The molecule has 1 fully saturated rings. The highest BCUT2D eigenvalue weighted by Gasteiger charge is 2.45. The first kappa shape index (κ1) is 9.98. The summed E-state index contributed by atoms with van der Waals surface area (Å²) in [5.41, 5.74) is -1.48. The van der Waals surface area contributed by atoms with Gasteiger partial charge in [-0.05, 0) is 34.8 Å². The largest absolute Gasteiger partial charge is 0.385 e. The van der Waals surface area contributed by atoms with Gasteiger partial charge in [0.05, 0.1) is 10.1 Å². The fraction of sp³-hybridized carbons (Fsp3) is 0.333. The Kier molecular flexibility index (Phi) is 2.12. The number of rotatable bonds is 1. The molecule has 0 radical (unpaired) electrons. The van der Waals surface area contributed by atoms with E-state index >= 15 is 0 Å². The maximum absolute atomic E-state index is 13.2. The van der Waals surface area contributed by atoms with Crippen molar-refractivity contribution in [1.82, 2.24) is 0 Å². The van der Waals surface area contributed by atoms with Crippen LogP contribution in [0, 0.1) is 17.5 Å². The van der Waals surface area contributed by atoms with Crippen molar-refractivity contribution in [2.24, 2.45) is 0 Å². The van der Waals surface area contributed by atoms with Crippen LogP contribution in [0.3, 0.4) is 0 Å². The van der Waals surface area contributed by atoms with Gasteiger partial charge in [0.15, 0.2) is 17.5 Å². The molecule has 0 amide bonds. The molecule has 1 saturated carbocycles. The molecule has 1 aliphatic carbocycles. The van der Waals surface area contributed by atoms with Crippen molar-refractivity contribution in [3.05, 3.63) is 33.6 Å². The minimum atomic E-state index is -1.55. The van der Waals surface area contributed by atoms with Crippen LogP contribution >= 0.6 is 15.9 Å². The maximum atomic E-state index is 13.2. The second kappa shape index (κ2) is 2.97. The lowest BCUT2D eigenvalue weighted by atomic mass is 10.1. The molecular formula is C9H6BrF3O. The molecule has 5 heteroatoms. The van der Waals surface area contributed by atoms with Crippen molar-refractivity contribution in [1.29, 1.82) is 0 Å². The van der Waals surface area contributed by atoms with Crippen molar-refractivity contribution in [3.8, 4) is 0 Å². The third-order valence-corrected chi connectivity index (χ3v) is 2.90. The van der Waals surface area contributed by atoms with Crippen molar-refractivity contribution in [2.75, 3.05) is 0 Å². The molecule has 0 heterocycles. The first-order chi connectivity index (χ1) is 6.46. The first-order valence-corrected chi connectivity index (χ1v) is 4.81. The quantitative estimate of drug-likeness (QED) is 0.612. The fourth-order valence-electron chi connectivity index (χ4n) is 1.30. The molecule has 0 unspecified atom stereocenters. The Balaban J connectivity index is 2.62. The SMILES string of the molecule is OC1(c2cc(Br)c(F)c(F)c2F)CC1. The van der Waals surface area contributed by atoms with Crippen LogP contribution in [0.4, 0.5) is 13.2 Å². The molecule has 1 aromatic rings. The minimum Gasteiger partial charge on any atom is -0.385 e. The predicted molar refractivity (Wildman–Crippen MR) is 47.1 cm³/mol. The second-order valence-electron chi connectivity index (χ2n) is 3.38. The number of hydrogen-bond donors (Lipinski definition) is 1. The lowest BCUT2D eigenvalue weighted by Crippen LogP contribution is -2.10. The molecule has 0 atom stereocenters. The van der Waals surface area contributed by atoms with Gasteiger partial charge in [-0.15, -0.1) is 0 Å². The molecule has 1 N–H and O–H groups in total. The van der Waals surface area contributed by atoms with Gasteiger partial charge in [-0.2, -0.15) is 0 Å². The van der Waals surface area contributed by atoms with Gasteiger partial charge >= 0.3 is 0 Å². The highest BCUT2D eigenvalue weighted by atomic mass is 79.9. The molecule has 0 aliphatic heterocycles. The van der Waals surface area contributed by atoms with Crippen LogP contribution in [0.25, 0.3) is 0 Å². The van der Waals surface area contributed by atoms with Crippen LogP contribution in [-0.4, -0.2) is 5.11 Å². The smallest absolute Gasteiger partial charge is 0.195 e. The topological polar surface area (TPSA) is 20.2 Å². The van der Waals surface area contributed by atoms with E-state index in [-0.39, 0.29) is 10.0 Å². The number of halogens is 4. The van der Waals surface area contributed by atoms with E-state index in [9.17, 15) is 18.3 Å². The van der Waals surface area contributed by atoms with Crippen molar-refractivity contribution in [3.63, 3.8) is 0 Å². The average Bonchev–Trinajstić information content (AvgIpc) is 2.87. The number of benzene rings is 1. The molecule has 14 heavy (non-hydrogen) atoms. The molecule has 76 valence electrons. The third kappa shape index (κ3) is 1.35. The van der Waals surface area contributed by atoms with E-state index in [1.807, 2.05) is 0 Å². The van der Waals surface area contributed by atoms with Crippen molar-refractivity contribution >= 4 is 15.9 Å². The number of hydrogen-bond acceptors (Lipinski definition) is 1. The van der Waals surface area contributed by atoms with Gasteiger partial charge in [0.25, 0.3) is 0 Å². The normalized spacial score (nSPS) is 18.4. The third-order valence-electron chi connectivity index (χ3n) is 2.33. The molecule has 1 nitrogen and oxygen atoms in total. The van der Waals surface area contributed by atoms with E-state index in [0.29, 0.717) is 12.8 Å². The zero-order valence-electron chi connectivity index (χ0n) is 6.95. The zero-order chi connectivity index (χ0) is 10.5. The summed E-state index contributed by atoms with van der Waals surface area (Å²) < 4.78 is 38.8. The highest BCUT2D eigenvalue weighted by Crippen LogP contribution is 2.47. The average molecular weight is 267 g/mol. The molecule has 1 aromatic carbocycles. The Hall–Kier alpha value is -0.550. The van der Waals surface area contributed by atoms with E-state index < -0.39 is 23.1 Å². The van der Waals surface area contributed by atoms with Crippen LogP contribution in [0.15, 0.2) is 10.5 Å². The van der Waals surface area contributed by atoms with Gasteiger partial charge in [-0.25, -0.2) is 13.2 Å². The van der Waals surface area contributed by atoms with Gasteiger partial charge in [-0.3, -0.25) is 0 Å². The lowest BCUT2D eigenvalue weighted by molar-refractivity contribution is 0.145. The predicted octanol–water partition coefficient (Wildman–Crippen LogP) is 2.85. The monoisotopic (exact) mass is 266 g/mol. The summed E-state index contributed by atoms with van der Waals surface area (Å²) in [5.74, 6) is -4.11. The molecule has 0 bridgehead atoms. The standard InChI is InChI=1S/C9H6BrF3O/c10-5-3-4(9(14)1-2-9)6(11)8(13)7(5)12/h3,14H,1-2H2. The van der Waals surface area contributed by atoms with Gasteiger partial charge in [0.1, 0.15) is 0 Å². The molecular weight excluding hydrogens is 261 g/mol. The number of aliphatic hydroxyl groups is 1. The van der Waals surface area contributed by atoms with E-state index in [4.69, 9.17) is 0 Å². The summed E-state index contributed by atoms with van der Waals surface area (Å²) in [4.78, 5) is 0. The Bertz CT molecular complexity index is 402. The van der Waals surface area contributed by atoms with Crippen LogP contribution in [-0.2, 0) is 5.60 Å². The van der Waals surface area contributed by atoms with Gasteiger partial charge in [0, 0.05) is 5.56 Å². The highest BCUT2D eigenvalue weighted by molar-refractivity contribution is 9.10. The van der Waals surface area contributed by atoms with Gasteiger partial charge < -0.3 is 5.11 Å². The van der Waals surface area contributed by atoms with Gasteiger partial charge in [0.2, 0.25) is 0 Å². The fourth-order valence-corrected chi connectivity index (χ4v) is 1.70. The first-order valence-electron chi connectivity index (χ1n) is 4.01. The summed E-state index contributed by atoms with van der Waals surface area (Å²) in [6.45, 7) is 0. The van der Waals surface area contributed by atoms with Crippen molar-refractivity contribution < 1.29 is 18.3 Å². The van der Waals surface area contributed by atoms with Crippen LogP contribution in [0.5, 0.6) is 0 Å². The Morgan fingerprint density at radius 2 is 1.71 bits per heavy atom. The van der Waals surface area contributed by atoms with Crippen LogP contribution in [0.1, 0.15) is 18.4 Å². The van der Waals surface area contributed by atoms with E-state index in [2.05, 4.69) is 15.9 Å². The maximum Gasteiger partial charge on any atom is 0.195 e. The van der Waals surface area contributed by atoms with Crippen LogP contribution < -0.4 is 0 Å². The zero-order valence-corrected chi connectivity index (χ0v) is 8.54. The Morgan fingerprint density at radius 3 is 2.21 bits per heavy atom. The summed E-state index contributed by atoms with van der Waals surface area (Å²) in [5, 5.41) is 9.57. The summed E-state index contributed by atoms with van der Waals surface area (Å²) in [7, 11) is 0. The van der Waals surface area contributed by atoms with Crippen molar-refractivity contribution in [2.45, 2.75) is 18.4 Å². The Morgan fingerprint density at radius 1 is 1.14 bits per heavy atom. The molecule has 0 aromatic heterocycles. The summed E-state index contributed by atoms with van der Waals surface area (Å²) in [6, 6.07) is 1.08. The van der Waals surface area contributed by atoms with Gasteiger partial charge in [-0.1, -0.05) is 0 Å². The van der Waals surface area contributed by atoms with E-state index in [0.717, 1.165) is 6.07 Å². The second-order valence-corrected chi connectivity index (χ2v) is 4.23.